The minimum Gasteiger partial charge on any atom is -0.261 e. The van der Waals surface area contributed by atoms with E-state index in [1.54, 1.807) is 4.68 Å². The Hall–Kier alpha value is -2.19. The van der Waals surface area contributed by atoms with Crippen molar-refractivity contribution < 1.29 is 4.92 Å². The number of hydrogen-bond acceptors (Lipinski definition) is 8. The van der Waals surface area contributed by atoms with Gasteiger partial charge in [0.05, 0.1) is 11.0 Å². The molecule has 11 heteroatoms. The van der Waals surface area contributed by atoms with E-state index in [0.717, 1.165) is 42.4 Å². The number of H-pyrrole nitrogens is 1. The molecule has 0 fully saturated rings. The maximum Gasteiger partial charge on any atom is 0.362 e. The van der Waals surface area contributed by atoms with E-state index in [1.165, 1.54) is 6.20 Å². The van der Waals surface area contributed by atoms with Gasteiger partial charge in [0.15, 0.2) is 9.50 Å². The quantitative estimate of drug-likeness (QED) is 0.569. The van der Waals surface area contributed by atoms with Crippen molar-refractivity contribution in [2.24, 2.45) is 5.92 Å². The van der Waals surface area contributed by atoms with E-state index >= 15 is 0 Å². The molecule has 0 aliphatic heterocycles. The molecule has 0 amide bonds. The second kappa shape index (κ2) is 7.89. The molecular weight excluding hydrogens is 340 g/mol. The molecule has 9 nitrogen and oxygen atoms in total. The first kappa shape index (κ1) is 17.2. The van der Waals surface area contributed by atoms with Gasteiger partial charge in [-0.15, -0.1) is 0 Å². The highest BCUT2D eigenvalue weighted by molar-refractivity contribution is 8.00. The SMILES string of the molecule is CCC(C#N)CCCn1[nH]c(=O)nc1Sc1ncc([N+](=O)[O-])s1. The third-order valence-corrected chi connectivity index (χ3v) is 5.12. The van der Waals surface area contributed by atoms with Crippen LogP contribution in [-0.4, -0.2) is 24.7 Å². The Kier molecular flexibility index (Phi) is 5.89. The van der Waals surface area contributed by atoms with Crippen molar-refractivity contribution in [3.63, 3.8) is 0 Å². The molecule has 0 saturated carbocycles. The first-order valence-corrected chi connectivity index (χ1v) is 8.51. The third-order valence-electron chi connectivity index (χ3n) is 3.10. The number of thiazole rings is 1. The second-order valence-corrected chi connectivity index (χ2v) is 6.89. The topological polar surface area (TPSA) is 130 Å². The third kappa shape index (κ3) is 4.64. The molecular formula is C12H14N6O3S2. The van der Waals surface area contributed by atoms with Crippen molar-refractivity contribution in [1.82, 2.24) is 19.7 Å². The molecule has 0 radical (unpaired) electrons. The van der Waals surface area contributed by atoms with E-state index in [-0.39, 0.29) is 10.9 Å². The lowest BCUT2D eigenvalue weighted by Gasteiger charge is -2.07. The van der Waals surface area contributed by atoms with Crippen LogP contribution in [0.3, 0.4) is 0 Å². The van der Waals surface area contributed by atoms with Gasteiger partial charge in [-0.05, 0) is 42.4 Å². The molecule has 0 aliphatic carbocycles. The summed E-state index contributed by atoms with van der Waals surface area (Å²) in [4.78, 5) is 29.4. The summed E-state index contributed by atoms with van der Waals surface area (Å²) in [6, 6.07) is 2.24. The Morgan fingerprint density at radius 3 is 3.04 bits per heavy atom. The Morgan fingerprint density at radius 2 is 2.43 bits per heavy atom. The van der Waals surface area contributed by atoms with Crippen LogP contribution in [0.5, 0.6) is 0 Å². The summed E-state index contributed by atoms with van der Waals surface area (Å²) in [5.74, 6) is 0.00274. The van der Waals surface area contributed by atoms with E-state index in [0.29, 0.717) is 16.0 Å². The molecule has 2 rings (SSSR count). The summed E-state index contributed by atoms with van der Waals surface area (Å²) in [5, 5.41) is 22.5. The van der Waals surface area contributed by atoms with Crippen LogP contribution in [0.25, 0.3) is 0 Å². The van der Waals surface area contributed by atoms with Crippen molar-refractivity contribution in [2.75, 3.05) is 0 Å². The van der Waals surface area contributed by atoms with Gasteiger partial charge in [-0.3, -0.25) is 14.8 Å². The lowest BCUT2D eigenvalue weighted by Crippen LogP contribution is -2.08. The second-order valence-electron chi connectivity index (χ2n) is 4.66. The average Bonchev–Trinajstić information content (AvgIpc) is 3.11. The van der Waals surface area contributed by atoms with E-state index in [1.807, 2.05) is 6.92 Å². The maximum atomic E-state index is 11.4. The number of nitrogens with zero attached hydrogens (tertiary/aromatic N) is 5. The van der Waals surface area contributed by atoms with Crippen LogP contribution < -0.4 is 5.69 Å². The van der Waals surface area contributed by atoms with Crippen molar-refractivity contribution in [3.05, 3.63) is 26.8 Å². The number of nitrogens with one attached hydrogen (secondary N) is 1. The molecule has 0 spiro atoms. The summed E-state index contributed by atoms with van der Waals surface area (Å²) in [6.07, 6.45) is 3.44. The molecule has 1 unspecified atom stereocenters. The lowest BCUT2D eigenvalue weighted by atomic mass is 10.0. The lowest BCUT2D eigenvalue weighted by molar-refractivity contribution is -0.380. The van der Waals surface area contributed by atoms with E-state index in [9.17, 15) is 14.9 Å². The first-order chi connectivity index (χ1) is 11.0. The molecule has 0 aliphatic rings. The number of nitro groups is 1. The van der Waals surface area contributed by atoms with Gasteiger partial charge in [0.25, 0.3) is 0 Å². The fourth-order valence-corrected chi connectivity index (χ4v) is 3.63. The number of aromatic nitrogens is 4. The average molecular weight is 354 g/mol. The van der Waals surface area contributed by atoms with Crippen LogP contribution in [0.2, 0.25) is 0 Å². The summed E-state index contributed by atoms with van der Waals surface area (Å²) < 4.78 is 2.03. The monoisotopic (exact) mass is 354 g/mol. The number of hydrogen-bond donors (Lipinski definition) is 1. The van der Waals surface area contributed by atoms with E-state index in [4.69, 9.17) is 5.26 Å². The van der Waals surface area contributed by atoms with Crippen LogP contribution >= 0.6 is 23.1 Å². The van der Waals surface area contributed by atoms with Crippen LogP contribution in [0.1, 0.15) is 26.2 Å². The zero-order valence-electron chi connectivity index (χ0n) is 12.3. The van der Waals surface area contributed by atoms with Crippen LogP contribution in [-0.2, 0) is 6.54 Å². The molecule has 0 bridgehead atoms. The highest BCUT2D eigenvalue weighted by atomic mass is 32.2. The predicted molar refractivity (Wildman–Crippen MR) is 84.4 cm³/mol. The molecule has 2 aromatic rings. The number of aryl methyl sites for hydroxylation is 1. The largest absolute Gasteiger partial charge is 0.362 e. The van der Waals surface area contributed by atoms with Gasteiger partial charge >= 0.3 is 10.7 Å². The molecule has 0 aromatic carbocycles. The Labute approximate surface area is 139 Å². The van der Waals surface area contributed by atoms with Gasteiger partial charge in [0, 0.05) is 12.5 Å². The smallest absolute Gasteiger partial charge is 0.261 e. The van der Waals surface area contributed by atoms with Gasteiger partial charge in [0.2, 0.25) is 0 Å². The zero-order chi connectivity index (χ0) is 16.8. The van der Waals surface area contributed by atoms with Gasteiger partial charge in [0.1, 0.15) is 6.20 Å². The van der Waals surface area contributed by atoms with Gasteiger partial charge in [-0.25, -0.2) is 14.9 Å². The molecule has 23 heavy (non-hydrogen) atoms. The van der Waals surface area contributed by atoms with E-state index in [2.05, 4.69) is 21.1 Å². The molecule has 0 saturated heterocycles. The predicted octanol–water partition coefficient (Wildman–Crippen LogP) is 2.42. The fourth-order valence-electron chi connectivity index (χ4n) is 1.88. The first-order valence-electron chi connectivity index (χ1n) is 6.88. The summed E-state index contributed by atoms with van der Waals surface area (Å²) in [5.41, 5.74) is -0.481. The van der Waals surface area contributed by atoms with Crippen LogP contribution in [0, 0.1) is 27.4 Å². The van der Waals surface area contributed by atoms with Crippen LogP contribution in [0.15, 0.2) is 20.5 Å². The zero-order valence-corrected chi connectivity index (χ0v) is 13.9. The Bertz CT molecular complexity index is 774. The highest BCUT2D eigenvalue weighted by Crippen LogP contribution is 2.32. The highest BCUT2D eigenvalue weighted by Gasteiger charge is 2.16. The minimum absolute atomic E-state index is 0.00274. The van der Waals surface area contributed by atoms with Gasteiger partial charge < -0.3 is 0 Å². The maximum absolute atomic E-state index is 11.4. The number of aromatic amines is 1. The number of nitriles is 1. The number of rotatable bonds is 8. The Morgan fingerprint density at radius 1 is 1.65 bits per heavy atom. The van der Waals surface area contributed by atoms with Crippen molar-refractivity contribution in [2.45, 2.75) is 42.2 Å². The normalized spacial score (nSPS) is 12.0. The van der Waals surface area contributed by atoms with Gasteiger partial charge in [-0.2, -0.15) is 10.2 Å². The van der Waals surface area contributed by atoms with Crippen molar-refractivity contribution >= 4 is 28.1 Å². The van der Waals surface area contributed by atoms with Crippen molar-refractivity contribution in [1.29, 1.82) is 5.26 Å². The summed E-state index contributed by atoms with van der Waals surface area (Å²) in [7, 11) is 0. The minimum atomic E-state index is -0.508. The molecule has 1 atom stereocenters. The van der Waals surface area contributed by atoms with Crippen LogP contribution in [0.4, 0.5) is 5.00 Å². The summed E-state index contributed by atoms with van der Waals surface area (Å²) >= 11 is 2.03. The van der Waals surface area contributed by atoms with Crippen molar-refractivity contribution in [3.8, 4) is 6.07 Å². The fraction of sp³-hybridized carbons (Fsp3) is 0.500. The standard InChI is InChI=1S/C12H14N6O3S2/c1-2-8(6-13)4-3-5-17-11(15-10(19)16-17)23-12-14-7-9(22-12)18(20)21/h7-8H,2-5H2,1H3,(H,16,19). The Balaban J connectivity index is 2.03. The molecule has 1 N–H and O–H groups in total. The molecule has 122 valence electrons. The van der Waals surface area contributed by atoms with E-state index < -0.39 is 10.6 Å². The molecule has 2 heterocycles. The molecule has 2 aromatic heterocycles. The van der Waals surface area contributed by atoms with Gasteiger partial charge in [-0.1, -0.05) is 6.92 Å². The summed E-state index contributed by atoms with van der Waals surface area (Å²) in [6.45, 7) is 2.48.